The molecule has 2 heterocycles. The van der Waals surface area contributed by atoms with Crippen LogP contribution in [-0.2, 0) is 16.4 Å². The molecule has 0 bridgehead atoms. The van der Waals surface area contributed by atoms with Crippen molar-refractivity contribution < 1.29 is 27.4 Å². The van der Waals surface area contributed by atoms with Gasteiger partial charge < -0.3 is 33.5 Å². The molecule has 280 valence electrons. The minimum Gasteiger partial charge on any atom is -0.493 e. The van der Waals surface area contributed by atoms with E-state index in [2.05, 4.69) is 26.5 Å². The molecule has 1 fully saturated rings. The molecule has 0 spiro atoms. The van der Waals surface area contributed by atoms with E-state index in [9.17, 15) is 13.2 Å². The number of rotatable bonds is 15. The van der Waals surface area contributed by atoms with E-state index in [1.165, 1.54) is 5.56 Å². The topological polar surface area (TPSA) is 106 Å². The van der Waals surface area contributed by atoms with Gasteiger partial charge in [-0.1, -0.05) is 60.7 Å². The Kier molecular flexibility index (Phi) is 12.2. The quantitative estimate of drug-likeness (QED) is 0.128. The largest absolute Gasteiger partial charge is 0.493 e. The van der Waals surface area contributed by atoms with Crippen LogP contribution in [-0.4, -0.2) is 107 Å². The van der Waals surface area contributed by atoms with E-state index >= 15 is 0 Å². The number of hydrogen-bond acceptors (Lipinski definition) is 9. The summed E-state index contributed by atoms with van der Waals surface area (Å²) in [5, 5.41) is 0. The highest BCUT2D eigenvalue weighted by molar-refractivity contribution is 7.91. The number of carbonyl (C=O) groups excluding carboxylic acids is 1. The van der Waals surface area contributed by atoms with Gasteiger partial charge in [-0.3, -0.25) is 4.79 Å². The van der Waals surface area contributed by atoms with Crippen molar-refractivity contribution in [2.75, 3.05) is 78.3 Å². The van der Waals surface area contributed by atoms with Crippen LogP contribution in [0, 0.1) is 0 Å². The lowest BCUT2D eigenvalue weighted by Crippen LogP contribution is -2.35. The van der Waals surface area contributed by atoms with Crippen LogP contribution in [0.15, 0.2) is 102 Å². The Hall–Kier alpha value is -5.07. The van der Waals surface area contributed by atoms with Gasteiger partial charge in [-0.2, -0.15) is 0 Å². The number of methoxy groups -OCH3 is 3. The first kappa shape index (κ1) is 37.7. The van der Waals surface area contributed by atoms with Crippen LogP contribution in [0.25, 0.3) is 11.0 Å². The Morgan fingerprint density at radius 3 is 2.15 bits per heavy atom. The average Bonchev–Trinajstić information content (AvgIpc) is 3.40. The number of hydrogen-bond donors (Lipinski definition) is 0. The number of aromatic nitrogens is 2. The molecule has 1 unspecified atom stereocenters. The van der Waals surface area contributed by atoms with E-state index in [4.69, 9.17) is 19.2 Å². The smallest absolute Gasteiger partial charge is 0.253 e. The summed E-state index contributed by atoms with van der Waals surface area (Å²) in [5.41, 5.74) is 3.44. The predicted octanol–water partition coefficient (Wildman–Crippen LogP) is 5.99. The second kappa shape index (κ2) is 17.2. The Morgan fingerprint density at radius 2 is 1.47 bits per heavy atom. The van der Waals surface area contributed by atoms with Crippen molar-refractivity contribution in [3.05, 3.63) is 108 Å². The second-order valence-corrected chi connectivity index (χ2v) is 15.5. The molecule has 1 aromatic heterocycles. The molecule has 4 aromatic carbocycles. The molecule has 1 saturated heterocycles. The lowest BCUT2D eigenvalue weighted by molar-refractivity contribution is 0.0782. The highest BCUT2D eigenvalue weighted by Gasteiger charge is 2.26. The molecule has 0 N–H and O–H groups in total. The van der Waals surface area contributed by atoms with Crippen molar-refractivity contribution in [1.29, 1.82) is 0 Å². The fourth-order valence-corrected chi connectivity index (χ4v) is 8.37. The maximum atomic E-state index is 13.8. The van der Waals surface area contributed by atoms with Crippen molar-refractivity contribution in [3.63, 3.8) is 0 Å². The van der Waals surface area contributed by atoms with E-state index in [-0.39, 0.29) is 17.6 Å². The average molecular weight is 740 g/mol. The van der Waals surface area contributed by atoms with Gasteiger partial charge in [-0.15, -0.1) is 0 Å². The number of sulfone groups is 1. The Bertz CT molecular complexity index is 2070. The van der Waals surface area contributed by atoms with Crippen molar-refractivity contribution in [1.82, 2.24) is 19.4 Å². The number of anilines is 1. The SMILES string of the molecule is COc1cc(C(=O)N(C)CC(CCN2CCCN(c3nc4ccccc4n3CCS(=O)(=O)c3ccccc3)CC2)c2ccccc2)cc(OC)c1OC. The molecule has 1 aliphatic heterocycles. The standard InChI is InChI=1S/C41H49N5O6S/c1-43(40(47)33-28-37(50-2)39(52-4)38(29-33)51-3)30-32(31-14-7-5-8-15-31)20-23-44-21-13-22-45(25-24-44)41-42-35-18-11-12-19-36(35)46(41)26-27-53(48,49)34-16-9-6-10-17-34/h5-12,14-19,28-29,32H,13,20-27,30H2,1-4H3. The van der Waals surface area contributed by atoms with E-state index in [1.807, 2.05) is 55.6 Å². The van der Waals surface area contributed by atoms with Crippen LogP contribution in [0.5, 0.6) is 17.2 Å². The number of likely N-dealkylation sites (N-methyl/N-ethyl adjacent to an activating group) is 1. The summed E-state index contributed by atoms with van der Waals surface area (Å²) in [7, 11) is 3.00. The lowest BCUT2D eigenvalue weighted by atomic mass is 9.94. The van der Waals surface area contributed by atoms with Crippen LogP contribution in [0.3, 0.4) is 0 Å². The number of nitrogens with zero attached hydrogens (tertiary/aromatic N) is 5. The fraction of sp³-hybridized carbons (Fsp3) is 0.366. The summed E-state index contributed by atoms with van der Waals surface area (Å²) in [6, 6.07) is 30.3. The third-order valence-corrected chi connectivity index (χ3v) is 11.7. The number of amides is 1. The summed E-state index contributed by atoms with van der Waals surface area (Å²) in [6.07, 6.45) is 1.81. The van der Waals surface area contributed by atoms with Crippen molar-refractivity contribution in [2.45, 2.75) is 30.2 Å². The molecule has 0 saturated carbocycles. The molecule has 1 atom stereocenters. The number of fused-ring (bicyclic) bond motifs is 1. The molecule has 11 nitrogen and oxygen atoms in total. The summed E-state index contributed by atoms with van der Waals surface area (Å²) in [4.78, 5) is 25.7. The van der Waals surface area contributed by atoms with Gasteiger partial charge in [0.15, 0.2) is 21.3 Å². The number of ether oxygens (including phenoxy) is 3. The lowest BCUT2D eigenvalue weighted by Gasteiger charge is -2.28. The molecule has 0 radical (unpaired) electrons. The zero-order valence-corrected chi connectivity index (χ0v) is 31.8. The number of benzene rings is 4. The van der Waals surface area contributed by atoms with Gasteiger partial charge in [0, 0.05) is 51.3 Å². The number of aryl methyl sites for hydroxylation is 1. The van der Waals surface area contributed by atoms with Gasteiger partial charge in [0.1, 0.15) is 0 Å². The molecule has 53 heavy (non-hydrogen) atoms. The number of imidazole rings is 1. The highest BCUT2D eigenvalue weighted by Crippen LogP contribution is 2.38. The minimum absolute atomic E-state index is 0.0122. The molecule has 1 aliphatic rings. The molecule has 0 aliphatic carbocycles. The molecule has 6 rings (SSSR count). The molecule has 1 amide bonds. The minimum atomic E-state index is -3.46. The van der Waals surface area contributed by atoms with E-state index < -0.39 is 9.84 Å². The summed E-state index contributed by atoms with van der Waals surface area (Å²) in [6.45, 7) is 5.08. The Morgan fingerprint density at radius 1 is 0.811 bits per heavy atom. The van der Waals surface area contributed by atoms with E-state index in [0.29, 0.717) is 40.8 Å². The van der Waals surface area contributed by atoms with Gasteiger partial charge in [0.25, 0.3) is 5.91 Å². The van der Waals surface area contributed by atoms with Gasteiger partial charge in [0.2, 0.25) is 11.7 Å². The van der Waals surface area contributed by atoms with Crippen LogP contribution in [0.2, 0.25) is 0 Å². The van der Waals surface area contributed by atoms with Gasteiger partial charge in [-0.25, -0.2) is 13.4 Å². The van der Waals surface area contributed by atoms with E-state index in [1.54, 1.807) is 62.6 Å². The summed E-state index contributed by atoms with van der Waals surface area (Å²) in [5.74, 6) is 2.10. The van der Waals surface area contributed by atoms with Crippen molar-refractivity contribution in [2.24, 2.45) is 0 Å². The number of carbonyl (C=O) groups is 1. The molecule has 5 aromatic rings. The second-order valence-electron chi connectivity index (χ2n) is 13.4. The Labute approximate surface area is 312 Å². The van der Waals surface area contributed by atoms with Gasteiger partial charge in [-0.05, 0) is 67.9 Å². The van der Waals surface area contributed by atoms with Crippen LogP contribution < -0.4 is 19.1 Å². The third-order valence-electron chi connectivity index (χ3n) is 10.0. The first-order valence-electron chi connectivity index (χ1n) is 18.0. The van der Waals surface area contributed by atoms with Gasteiger partial charge in [0.05, 0.1) is 43.0 Å². The fourth-order valence-electron chi connectivity index (χ4n) is 7.14. The maximum absolute atomic E-state index is 13.8. The van der Waals surface area contributed by atoms with E-state index in [0.717, 1.165) is 62.5 Å². The zero-order valence-electron chi connectivity index (χ0n) is 31.0. The van der Waals surface area contributed by atoms with Crippen molar-refractivity contribution in [3.8, 4) is 17.2 Å². The van der Waals surface area contributed by atoms with Gasteiger partial charge >= 0.3 is 0 Å². The number of para-hydroxylation sites is 2. The van der Waals surface area contributed by atoms with Crippen LogP contribution in [0.1, 0.15) is 34.7 Å². The highest BCUT2D eigenvalue weighted by atomic mass is 32.2. The predicted molar refractivity (Wildman–Crippen MR) is 208 cm³/mol. The molecular formula is C41H49N5O6S. The molecule has 12 heteroatoms. The first-order valence-corrected chi connectivity index (χ1v) is 19.7. The van der Waals surface area contributed by atoms with Crippen molar-refractivity contribution >= 4 is 32.7 Å². The molecular weight excluding hydrogens is 691 g/mol. The third kappa shape index (κ3) is 8.77. The summed E-state index contributed by atoms with van der Waals surface area (Å²) < 4.78 is 45.0. The maximum Gasteiger partial charge on any atom is 0.253 e. The van der Waals surface area contributed by atoms with Crippen LogP contribution >= 0.6 is 0 Å². The summed E-state index contributed by atoms with van der Waals surface area (Å²) >= 11 is 0. The Balaban J connectivity index is 1.14. The zero-order chi connectivity index (χ0) is 37.4. The van der Waals surface area contributed by atoms with Crippen LogP contribution in [0.4, 0.5) is 5.95 Å². The monoisotopic (exact) mass is 739 g/mol. The first-order chi connectivity index (χ1) is 25.7. The normalized spacial score (nSPS) is 14.5.